The Labute approximate surface area is 318 Å². The van der Waals surface area contributed by atoms with Crippen LogP contribution in [-0.4, -0.2) is 52.7 Å². The van der Waals surface area contributed by atoms with E-state index in [0.29, 0.717) is 0 Å². The number of carbonyl (C=O) groups excluding carboxylic acids is 4. The van der Waals surface area contributed by atoms with E-state index in [-0.39, 0.29) is 76.0 Å². The van der Waals surface area contributed by atoms with Crippen molar-refractivity contribution < 1.29 is 19.2 Å². The van der Waals surface area contributed by atoms with Gasteiger partial charge in [0, 0.05) is 24.5 Å². The van der Waals surface area contributed by atoms with E-state index in [1.807, 2.05) is 0 Å². The second-order valence-electron chi connectivity index (χ2n) is 10.5. The molecule has 2 aliphatic rings. The fourth-order valence-corrected chi connectivity index (χ4v) is 6.66. The van der Waals surface area contributed by atoms with Crippen LogP contribution in [0.25, 0.3) is 0 Å². The van der Waals surface area contributed by atoms with Gasteiger partial charge in [0.25, 0.3) is 5.79 Å². The fraction of sp³-hybridized carbons (Fsp3) is 0.0968. The summed E-state index contributed by atoms with van der Waals surface area (Å²) in [6, 6.07) is 14.3. The molecule has 4 aromatic carbocycles. The van der Waals surface area contributed by atoms with Crippen molar-refractivity contribution in [3.05, 3.63) is 113 Å². The monoisotopic (exact) mass is 818 g/mol. The number of benzene rings is 4. The van der Waals surface area contributed by atoms with Crippen LogP contribution >= 0.6 is 92.8 Å². The van der Waals surface area contributed by atoms with Gasteiger partial charge in [0.15, 0.2) is 0 Å². The van der Waals surface area contributed by atoms with Crippen LogP contribution < -0.4 is 20.4 Å². The number of rotatable bonds is 4. The second kappa shape index (κ2) is 13.8. The highest BCUT2D eigenvalue weighted by atomic mass is 35.5. The summed E-state index contributed by atoms with van der Waals surface area (Å²) in [4.78, 5) is 61.9. The third kappa shape index (κ3) is 6.30. The molecule has 2 aliphatic heterocycles. The Kier molecular flexibility index (Phi) is 9.98. The Bertz CT molecular complexity index is 1990. The average Bonchev–Trinajstić information content (AvgIpc) is 3.55. The lowest BCUT2D eigenvalue weighted by molar-refractivity contribution is -0.129. The minimum absolute atomic E-state index is 0.00733. The molecule has 0 saturated carbocycles. The Morgan fingerprint density at radius 3 is 1.35 bits per heavy atom. The normalized spacial score (nSPS) is 15.4. The molecule has 0 unspecified atom stereocenters. The quantitative estimate of drug-likeness (QED) is 0.200. The Morgan fingerprint density at radius 1 is 0.531 bits per heavy atom. The molecule has 0 bridgehead atoms. The van der Waals surface area contributed by atoms with Crippen molar-refractivity contribution in [2.75, 3.05) is 33.5 Å². The molecule has 2 saturated heterocycles. The molecule has 2 fully saturated rings. The van der Waals surface area contributed by atoms with E-state index in [4.69, 9.17) is 92.8 Å². The van der Waals surface area contributed by atoms with Crippen molar-refractivity contribution >= 4 is 140 Å². The molecule has 7 amide bonds. The van der Waals surface area contributed by atoms with Crippen molar-refractivity contribution in [3.63, 3.8) is 0 Å². The molecule has 0 radical (unpaired) electrons. The molecule has 6 rings (SSSR count). The van der Waals surface area contributed by atoms with Gasteiger partial charge >= 0.3 is 24.0 Å². The van der Waals surface area contributed by atoms with E-state index in [0.717, 1.165) is 19.6 Å². The van der Waals surface area contributed by atoms with E-state index in [1.165, 1.54) is 72.8 Å². The zero-order chi connectivity index (χ0) is 35.4. The van der Waals surface area contributed by atoms with Crippen LogP contribution in [0.3, 0.4) is 0 Å². The third-order valence-electron chi connectivity index (χ3n) is 7.64. The lowest BCUT2D eigenvalue weighted by Crippen LogP contribution is -2.70. The first-order valence-electron chi connectivity index (χ1n) is 13.9. The van der Waals surface area contributed by atoms with Crippen molar-refractivity contribution in [2.45, 2.75) is 5.79 Å². The number of anilines is 4. The number of urea groups is 3. The fourth-order valence-electron chi connectivity index (χ4n) is 5.48. The van der Waals surface area contributed by atoms with Gasteiger partial charge in [-0.1, -0.05) is 92.8 Å². The zero-order valence-electron chi connectivity index (χ0n) is 24.3. The summed E-state index contributed by atoms with van der Waals surface area (Å²) in [6.45, 7) is -0.456. The lowest BCUT2D eigenvalue weighted by atomic mass is 10.2. The highest BCUT2D eigenvalue weighted by Gasteiger charge is 2.70. The molecule has 2 heterocycles. The molecule has 0 aliphatic carbocycles. The van der Waals surface area contributed by atoms with Crippen molar-refractivity contribution in [3.8, 4) is 0 Å². The highest BCUT2D eigenvalue weighted by Crippen LogP contribution is 2.46. The highest BCUT2D eigenvalue weighted by molar-refractivity contribution is 6.44. The minimum atomic E-state index is -2.47. The molecular formula is C31H18Cl8N6O4. The summed E-state index contributed by atoms with van der Waals surface area (Å²) in [5, 5.41) is 6.51. The first-order chi connectivity index (χ1) is 23.2. The summed E-state index contributed by atoms with van der Waals surface area (Å²) in [5.74, 6) is -3.48. The van der Waals surface area contributed by atoms with Gasteiger partial charge < -0.3 is 10.6 Å². The molecule has 252 valence electrons. The van der Waals surface area contributed by atoms with Crippen LogP contribution in [0.5, 0.6) is 0 Å². The molecule has 2 N–H and O–H groups in total. The standard InChI is InChI=1S/C31H18Cl8N6O4/c32-19-5-1-15(11-23(19)36)40-28(47)42-9-10-43(29(48)41-16-2-6-20(33)24(37)12-16)31(42)27(46)44(17-3-7-21(34)25(38)13-17)30(49)45(31)18-4-8-22(35)26(39)14-18/h1-8,11-14H,9-10H2,(H,40,47)(H,41,48). The second-order valence-corrected chi connectivity index (χ2v) is 13.8. The Balaban J connectivity index is 1.55. The number of amides is 7. The van der Waals surface area contributed by atoms with E-state index in [2.05, 4.69) is 10.6 Å². The van der Waals surface area contributed by atoms with Crippen molar-refractivity contribution in [1.82, 2.24) is 9.80 Å². The summed E-state index contributed by atoms with van der Waals surface area (Å²) >= 11 is 49.6. The smallest absolute Gasteiger partial charge is 0.308 e. The Morgan fingerprint density at radius 2 is 0.918 bits per heavy atom. The number of nitrogens with zero attached hydrogens (tertiary/aromatic N) is 4. The van der Waals surface area contributed by atoms with E-state index >= 15 is 4.79 Å². The zero-order valence-corrected chi connectivity index (χ0v) is 30.3. The Hall–Kier alpha value is -3.32. The number of hydrogen-bond acceptors (Lipinski definition) is 4. The van der Waals surface area contributed by atoms with Crippen LogP contribution in [0.4, 0.5) is 37.1 Å². The van der Waals surface area contributed by atoms with Crippen LogP contribution in [0.2, 0.25) is 40.2 Å². The van der Waals surface area contributed by atoms with E-state index in [1.54, 1.807) is 0 Å². The van der Waals surface area contributed by atoms with Gasteiger partial charge in [0.05, 0.1) is 51.6 Å². The summed E-state index contributed by atoms with van der Waals surface area (Å²) in [7, 11) is 0. The predicted octanol–water partition coefficient (Wildman–Crippen LogP) is 10.6. The van der Waals surface area contributed by atoms with Gasteiger partial charge in [0.2, 0.25) is 0 Å². The molecule has 1 spiro atoms. The SMILES string of the molecule is O=C(Nc1ccc(Cl)c(Cl)c1)N1CCN(C(=O)Nc2ccc(Cl)c(Cl)c2)C12C(=O)N(c1ccc(Cl)c(Cl)c1)C(=O)N2c1ccc(Cl)c(Cl)c1. The van der Waals surface area contributed by atoms with Gasteiger partial charge in [-0.3, -0.25) is 14.6 Å². The maximum atomic E-state index is 15.0. The van der Waals surface area contributed by atoms with Gasteiger partial charge in [-0.15, -0.1) is 0 Å². The topological polar surface area (TPSA) is 105 Å². The van der Waals surface area contributed by atoms with E-state index < -0.39 is 29.8 Å². The van der Waals surface area contributed by atoms with Crippen LogP contribution in [0.1, 0.15) is 0 Å². The lowest BCUT2D eigenvalue weighted by Gasteiger charge is -2.43. The summed E-state index contributed by atoms with van der Waals surface area (Å²) < 4.78 is 0. The van der Waals surface area contributed by atoms with Gasteiger partial charge in [-0.05, 0) is 72.8 Å². The number of nitrogens with one attached hydrogen (secondary N) is 2. The molecule has 0 atom stereocenters. The molecule has 18 heteroatoms. The summed E-state index contributed by atoms with van der Waals surface area (Å²) in [5.41, 5.74) is 0.463. The molecule has 10 nitrogen and oxygen atoms in total. The first-order valence-corrected chi connectivity index (χ1v) is 16.9. The number of carbonyl (C=O) groups is 4. The number of imide groups is 1. The van der Waals surface area contributed by atoms with Crippen molar-refractivity contribution in [2.24, 2.45) is 0 Å². The molecule has 0 aromatic heterocycles. The maximum Gasteiger partial charge on any atom is 0.339 e. The van der Waals surface area contributed by atoms with Gasteiger partial charge in [0.1, 0.15) is 0 Å². The predicted molar refractivity (Wildman–Crippen MR) is 195 cm³/mol. The van der Waals surface area contributed by atoms with Crippen LogP contribution in [0.15, 0.2) is 72.8 Å². The average molecular weight is 822 g/mol. The minimum Gasteiger partial charge on any atom is -0.308 e. The molecular weight excluding hydrogens is 804 g/mol. The molecule has 49 heavy (non-hydrogen) atoms. The maximum absolute atomic E-state index is 15.0. The van der Waals surface area contributed by atoms with Crippen molar-refractivity contribution in [1.29, 1.82) is 0 Å². The third-order valence-corrected chi connectivity index (χ3v) is 10.6. The largest absolute Gasteiger partial charge is 0.339 e. The van der Waals surface area contributed by atoms with Gasteiger partial charge in [-0.25, -0.2) is 24.2 Å². The first kappa shape index (κ1) is 35.5. The van der Waals surface area contributed by atoms with E-state index in [9.17, 15) is 14.4 Å². The number of halogens is 8. The summed E-state index contributed by atoms with van der Waals surface area (Å²) in [6.07, 6.45) is 0. The molecule has 4 aromatic rings. The van der Waals surface area contributed by atoms with Crippen LogP contribution in [0, 0.1) is 0 Å². The van der Waals surface area contributed by atoms with Crippen LogP contribution in [-0.2, 0) is 4.79 Å². The number of hydrogen-bond donors (Lipinski definition) is 2. The van der Waals surface area contributed by atoms with Gasteiger partial charge in [-0.2, -0.15) is 0 Å².